The van der Waals surface area contributed by atoms with E-state index in [1.54, 1.807) is 30.3 Å². The molecule has 0 heterocycles. The molecule has 0 saturated carbocycles. The van der Waals surface area contributed by atoms with Crippen molar-refractivity contribution in [2.24, 2.45) is 0 Å². The van der Waals surface area contributed by atoms with E-state index in [2.05, 4.69) is 5.32 Å². The summed E-state index contributed by atoms with van der Waals surface area (Å²) in [5.41, 5.74) is 0.735. The van der Waals surface area contributed by atoms with Gasteiger partial charge in [0, 0.05) is 12.1 Å². The molecular formula is C17H15ClFNO3. The Morgan fingerprint density at radius 2 is 1.83 bits per heavy atom. The Balaban J connectivity index is 2.13. The lowest BCUT2D eigenvalue weighted by atomic mass is 10.2. The fourth-order valence-corrected chi connectivity index (χ4v) is 2.05. The minimum absolute atomic E-state index is 0.0235. The van der Waals surface area contributed by atoms with Gasteiger partial charge in [-0.05, 0) is 35.9 Å². The number of carbonyl (C=O) groups is 1. The molecule has 0 aliphatic heterocycles. The largest absolute Gasteiger partial charge is 0.497 e. The highest BCUT2D eigenvalue weighted by molar-refractivity contribution is 6.31. The molecule has 0 bridgehead atoms. The van der Waals surface area contributed by atoms with Crippen molar-refractivity contribution in [3.8, 4) is 11.5 Å². The number of anilines is 1. The predicted molar refractivity (Wildman–Crippen MR) is 88.6 cm³/mol. The van der Waals surface area contributed by atoms with E-state index in [0.29, 0.717) is 17.1 Å². The van der Waals surface area contributed by atoms with Gasteiger partial charge >= 0.3 is 0 Å². The third-order valence-corrected chi connectivity index (χ3v) is 3.30. The summed E-state index contributed by atoms with van der Waals surface area (Å²) in [6, 6.07) is 9.60. The van der Waals surface area contributed by atoms with Crippen molar-refractivity contribution in [3.63, 3.8) is 0 Å². The van der Waals surface area contributed by atoms with E-state index < -0.39 is 11.7 Å². The van der Waals surface area contributed by atoms with Crippen LogP contribution in [0.15, 0.2) is 42.5 Å². The fraction of sp³-hybridized carbons (Fsp3) is 0.118. The number of rotatable bonds is 5. The van der Waals surface area contributed by atoms with Crippen molar-refractivity contribution in [1.82, 2.24) is 0 Å². The van der Waals surface area contributed by atoms with Crippen molar-refractivity contribution in [1.29, 1.82) is 0 Å². The quantitative estimate of drug-likeness (QED) is 0.835. The molecule has 4 nitrogen and oxygen atoms in total. The van der Waals surface area contributed by atoms with Crippen molar-refractivity contribution in [3.05, 3.63) is 58.9 Å². The van der Waals surface area contributed by atoms with E-state index in [4.69, 9.17) is 21.1 Å². The molecule has 0 aliphatic rings. The molecule has 0 saturated heterocycles. The van der Waals surface area contributed by atoms with E-state index in [9.17, 15) is 9.18 Å². The minimum Gasteiger partial charge on any atom is -0.497 e. The predicted octanol–water partition coefficient (Wildman–Crippen LogP) is 4.15. The Kier molecular flexibility index (Phi) is 5.60. The second-order valence-electron chi connectivity index (χ2n) is 4.57. The highest BCUT2D eigenvalue weighted by Crippen LogP contribution is 2.24. The maximum atomic E-state index is 13.7. The summed E-state index contributed by atoms with van der Waals surface area (Å²) in [6.45, 7) is 0. The van der Waals surface area contributed by atoms with Crippen LogP contribution in [0, 0.1) is 5.82 Å². The Labute approximate surface area is 138 Å². The van der Waals surface area contributed by atoms with Crippen molar-refractivity contribution >= 4 is 29.3 Å². The summed E-state index contributed by atoms with van der Waals surface area (Å²) in [6.07, 6.45) is 2.86. The van der Waals surface area contributed by atoms with Crippen LogP contribution in [0.4, 0.5) is 10.1 Å². The highest BCUT2D eigenvalue weighted by atomic mass is 35.5. The molecule has 1 N–H and O–H groups in total. The zero-order chi connectivity index (χ0) is 16.8. The lowest BCUT2D eigenvalue weighted by Gasteiger charge is -2.06. The standard InChI is InChI=1S/C17H15ClFNO3/c1-22-12-8-11(9-13(10-12)23-2)6-7-16(21)20-15-5-3-4-14(18)17(15)19/h3-10H,1-2H3,(H,20,21)/b7-6+. The summed E-state index contributed by atoms with van der Waals surface area (Å²) in [4.78, 5) is 11.9. The first-order chi connectivity index (χ1) is 11.0. The second-order valence-corrected chi connectivity index (χ2v) is 4.98. The molecule has 0 radical (unpaired) electrons. The average Bonchev–Trinajstić information content (AvgIpc) is 2.56. The lowest BCUT2D eigenvalue weighted by Crippen LogP contribution is -2.09. The number of carbonyl (C=O) groups excluding carboxylic acids is 1. The number of benzene rings is 2. The first-order valence-electron chi connectivity index (χ1n) is 6.69. The number of nitrogens with one attached hydrogen (secondary N) is 1. The zero-order valence-corrected chi connectivity index (χ0v) is 13.4. The van der Waals surface area contributed by atoms with Crippen LogP contribution in [0.25, 0.3) is 6.08 Å². The number of amides is 1. The molecule has 0 unspecified atom stereocenters. The summed E-state index contributed by atoms with van der Waals surface area (Å²) in [7, 11) is 3.08. The second kappa shape index (κ2) is 7.65. The Hall–Kier alpha value is -2.53. The molecule has 6 heteroatoms. The normalized spacial score (nSPS) is 10.6. The highest BCUT2D eigenvalue weighted by Gasteiger charge is 2.08. The van der Waals surface area contributed by atoms with Gasteiger partial charge in [0.05, 0.1) is 24.9 Å². The molecule has 2 aromatic rings. The lowest BCUT2D eigenvalue weighted by molar-refractivity contribution is -0.111. The van der Waals surface area contributed by atoms with E-state index >= 15 is 0 Å². The van der Waals surface area contributed by atoms with Gasteiger partial charge in [0.25, 0.3) is 0 Å². The van der Waals surface area contributed by atoms with Gasteiger partial charge in [0.2, 0.25) is 5.91 Å². The van der Waals surface area contributed by atoms with Gasteiger partial charge in [-0.25, -0.2) is 4.39 Å². The fourth-order valence-electron chi connectivity index (χ4n) is 1.87. The number of ether oxygens (including phenoxy) is 2. The van der Waals surface area contributed by atoms with Gasteiger partial charge in [0.1, 0.15) is 11.5 Å². The summed E-state index contributed by atoms with van der Waals surface area (Å²) in [5.74, 6) is 0.0579. The van der Waals surface area contributed by atoms with Gasteiger partial charge in [-0.2, -0.15) is 0 Å². The van der Waals surface area contributed by atoms with E-state index in [1.165, 1.54) is 32.4 Å². The third-order valence-electron chi connectivity index (χ3n) is 3.01. The Morgan fingerprint density at radius 1 is 1.17 bits per heavy atom. The molecule has 0 aliphatic carbocycles. The van der Waals surface area contributed by atoms with Crippen LogP contribution in [0.2, 0.25) is 5.02 Å². The zero-order valence-electron chi connectivity index (χ0n) is 12.6. The van der Waals surface area contributed by atoms with E-state index in [0.717, 1.165) is 0 Å². The number of halogens is 2. The number of hydrogen-bond donors (Lipinski definition) is 1. The molecule has 0 fully saturated rings. The van der Waals surface area contributed by atoms with Gasteiger partial charge in [-0.15, -0.1) is 0 Å². The number of hydrogen-bond acceptors (Lipinski definition) is 3. The third kappa shape index (κ3) is 4.47. The summed E-state index contributed by atoms with van der Waals surface area (Å²) < 4.78 is 24.0. The molecule has 0 aromatic heterocycles. The maximum Gasteiger partial charge on any atom is 0.248 e. The molecule has 0 spiro atoms. The summed E-state index contributed by atoms with van der Waals surface area (Å²) >= 11 is 5.66. The van der Waals surface area contributed by atoms with Crippen LogP contribution in [0.3, 0.4) is 0 Å². The monoisotopic (exact) mass is 335 g/mol. The van der Waals surface area contributed by atoms with Gasteiger partial charge in [0.15, 0.2) is 5.82 Å². The molecule has 1 amide bonds. The van der Waals surface area contributed by atoms with Crippen LogP contribution in [-0.4, -0.2) is 20.1 Å². The van der Waals surface area contributed by atoms with E-state index in [-0.39, 0.29) is 10.7 Å². The molecular weight excluding hydrogens is 321 g/mol. The van der Waals surface area contributed by atoms with Crippen molar-refractivity contribution < 1.29 is 18.7 Å². The van der Waals surface area contributed by atoms with Gasteiger partial charge in [-0.3, -0.25) is 4.79 Å². The average molecular weight is 336 g/mol. The Morgan fingerprint density at radius 3 is 2.43 bits per heavy atom. The SMILES string of the molecule is COc1cc(/C=C/C(=O)Nc2cccc(Cl)c2F)cc(OC)c1. The first kappa shape index (κ1) is 16.8. The number of methoxy groups -OCH3 is 2. The minimum atomic E-state index is -0.668. The van der Waals surface area contributed by atoms with Crippen LogP contribution >= 0.6 is 11.6 Å². The topological polar surface area (TPSA) is 47.6 Å². The molecule has 2 aromatic carbocycles. The van der Waals surface area contributed by atoms with Crippen LogP contribution < -0.4 is 14.8 Å². The summed E-state index contributed by atoms with van der Waals surface area (Å²) in [5, 5.41) is 2.38. The van der Waals surface area contributed by atoms with Crippen molar-refractivity contribution in [2.75, 3.05) is 19.5 Å². The smallest absolute Gasteiger partial charge is 0.248 e. The molecule has 23 heavy (non-hydrogen) atoms. The van der Waals surface area contributed by atoms with Gasteiger partial charge < -0.3 is 14.8 Å². The Bertz CT molecular complexity index is 724. The van der Waals surface area contributed by atoms with E-state index in [1.807, 2.05) is 0 Å². The molecule has 120 valence electrons. The van der Waals surface area contributed by atoms with Crippen LogP contribution in [0.5, 0.6) is 11.5 Å². The first-order valence-corrected chi connectivity index (χ1v) is 7.07. The van der Waals surface area contributed by atoms with Crippen molar-refractivity contribution in [2.45, 2.75) is 0 Å². The maximum absolute atomic E-state index is 13.7. The van der Waals surface area contributed by atoms with Gasteiger partial charge in [-0.1, -0.05) is 17.7 Å². The van der Waals surface area contributed by atoms with Crippen LogP contribution in [-0.2, 0) is 4.79 Å². The molecule has 0 atom stereocenters. The van der Waals surface area contributed by atoms with Crippen LogP contribution in [0.1, 0.15) is 5.56 Å². The molecule has 2 rings (SSSR count).